The Bertz CT molecular complexity index is 899. The molecule has 1 saturated heterocycles. The second kappa shape index (κ2) is 9.18. The highest BCUT2D eigenvalue weighted by Gasteiger charge is 2.28. The van der Waals surface area contributed by atoms with Gasteiger partial charge in [-0.15, -0.1) is 0 Å². The van der Waals surface area contributed by atoms with Crippen LogP contribution in [0.3, 0.4) is 0 Å². The van der Waals surface area contributed by atoms with Gasteiger partial charge in [0.25, 0.3) is 0 Å². The lowest BCUT2D eigenvalue weighted by Gasteiger charge is -2.22. The van der Waals surface area contributed by atoms with Gasteiger partial charge in [-0.3, -0.25) is 4.79 Å². The number of carboxylic acid groups (broad SMARTS) is 1. The lowest BCUT2D eigenvalue weighted by molar-refractivity contribution is -0.128. The zero-order chi connectivity index (χ0) is 19.9. The SMILES string of the molecule is C/C(=C/C=C/[C@H]1CCC(=O)N1CCc1ccccc1C(=O)O)c1ccccc1. The second-order valence-electron chi connectivity index (χ2n) is 7.01. The number of carbonyl (C=O) groups excluding carboxylic acids is 1. The van der Waals surface area contributed by atoms with Crippen LogP contribution in [-0.2, 0) is 11.2 Å². The second-order valence-corrected chi connectivity index (χ2v) is 7.01. The molecule has 0 spiro atoms. The molecule has 1 fully saturated rings. The molecule has 0 unspecified atom stereocenters. The highest BCUT2D eigenvalue weighted by Crippen LogP contribution is 2.22. The fourth-order valence-corrected chi connectivity index (χ4v) is 3.56. The van der Waals surface area contributed by atoms with E-state index in [1.807, 2.05) is 41.3 Å². The van der Waals surface area contributed by atoms with E-state index in [0.717, 1.165) is 12.0 Å². The predicted octanol–water partition coefficient (Wildman–Crippen LogP) is 4.58. The van der Waals surface area contributed by atoms with Gasteiger partial charge in [0.2, 0.25) is 5.91 Å². The number of aromatic carboxylic acids is 1. The van der Waals surface area contributed by atoms with Gasteiger partial charge in [0.15, 0.2) is 0 Å². The minimum absolute atomic E-state index is 0.0595. The van der Waals surface area contributed by atoms with Gasteiger partial charge in [-0.2, -0.15) is 0 Å². The quantitative estimate of drug-likeness (QED) is 0.721. The smallest absolute Gasteiger partial charge is 0.335 e. The van der Waals surface area contributed by atoms with E-state index < -0.39 is 5.97 Å². The Morgan fingerprint density at radius 3 is 2.61 bits per heavy atom. The van der Waals surface area contributed by atoms with Gasteiger partial charge in [0.05, 0.1) is 11.6 Å². The zero-order valence-corrected chi connectivity index (χ0v) is 16.0. The first-order valence-electron chi connectivity index (χ1n) is 9.57. The number of rotatable bonds is 7. The van der Waals surface area contributed by atoms with Crippen LogP contribution >= 0.6 is 0 Å². The van der Waals surface area contributed by atoms with Crippen LogP contribution in [0.1, 0.15) is 41.3 Å². The van der Waals surface area contributed by atoms with E-state index in [1.165, 1.54) is 11.1 Å². The van der Waals surface area contributed by atoms with Gasteiger partial charge in [0, 0.05) is 13.0 Å². The fourth-order valence-electron chi connectivity index (χ4n) is 3.56. The molecule has 0 aliphatic carbocycles. The summed E-state index contributed by atoms with van der Waals surface area (Å²) in [6.45, 7) is 2.60. The number of likely N-dealkylation sites (tertiary alicyclic amines) is 1. The molecule has 0 aromatic heterocycles. The average Bonchev–Trinajstić information content (AvgIpc) is 3.06. The molecule has 1 heterocycles. The minimum atomic E-state index is -0.929. The van der Waals surface area contributed by atoms with Crippen molar-refractivity contribution in [3.05, 3.63) is 89.5 Å². The molecule has 1 aliphatic heterocycles. The van der Waals surface area contributed by atoms with E-state index in [0.29, 0.717) is 24.9 Å². The number of amides is 1. The summed E-state index contributed by atoms with van der Waals surface area (Å²) in [6, 6.07) is 17.2. The lowest BCUT2D eigenvalue weighted by Crippen LogP contribution is -2.33. The molecule has 2 aromatic rings. The molecule has 144 valence electrons. The van der Waals surface area contributed by atoms with Crippen molar-refractivity contribution >= 4 is 17.4 Å². The molecule has 0 saturated carbocycles. The van der Waals surface area contributed by atoms with Crippen molar-refractivity contribution in [2.75, 3.05) is 6.54 Å². The third kappa shape index (κ3) is 4.77. The van der Waals surface area contributed by atoms with E-state index in [1.54, 1.807) is 12.1 Å². The summed E-state index contributed by atoms with van der Waals surface area (Å²) in [5, 5.41) is 9.33. The molecule has 4 heteroatoms. The highest BCUT2D eigenvalue weighted by atomic mass is 16.4. The van der Waals surface area contributed by atoms with Crippen molar-refractivity contribution in [2.45, 2.75) is 32.2 Å². The maximum Gasteiger partial charge on any atom is 0.335 e. The molecular formula is C24H25NO3. The summed E-state index contributed by atoms with van der Waals surface area (Å²) < 4.78 is 0. The number of benzene rings is 2. The molecule has 4 nitrogen and oxygen atoms in total. The Morgan fingerprint density at radius 1 is 1.14 bits per heavy atom. The topological polar surface area (TPSA) is 57.6 Å². The van der Waals surface area contributed by atoms with Crippen molar-refractivity contribution in [1.29, 1.82) is 0 Å². The molecule has 1 amide bonds. The van der Waals surface area contributed by atoms with Gasteiger partial charge < -0.3 is 10.0 Å². The van der Waals surface area contributed by atoms with Crippen LogP contribution in [0.2, 0.25) is 0 Å². The van der Waals surface area contributed by atoms with Crippen molar-refractivity contribution < 1.29 is 14.7 Å². The van der Waals surface area contributed by atoms with Crippen LogP contribution in [0.15, 0.2) is 72.8 Å². The van der Waals surface area contributed by atoms with Crippen LogP contribution in [0.5, 0.6) is 0 Å². The molecule has 28 heavy (non-hydrogen) atoms. The molecule has 1 aliphatic rings. The third-order valence-corrected chi connectivity index (χ3v) is 5.15. The Labute approximate surface area is 165 Å². The Hall–Kier alpha value is -3.14. The maximum absolute atomic E-state index is 12.3. The summed E-state index contributed by atoms with van der Waals surface area (Å²) >= 11 is 0. The summed E-state index contributed by atoms with van der Waals surface area (Å²) in [5.41, 5.74) is 3.42. The third-order valence-electron chi connectivity index (χ3n) is 5.15. The molecule has 1 atom stereocenters. The van der Waals surface area contributed by atoms with Gasteiger partial charge in [0.1, 0.15) is 0 Å². The van der Waals surface area contributed by atoms with E-state index >= 15 is 0 Å². The Morgan fingerprint density at radius 2 is 1.86 bits per heavy atom. The van der Waals surface area contributed by atoms with E-state index in [-0.39, 0.29) is 11.9 Å². The van der Waals surface area contributed by atoms with Crippen LogP contribution < -0.4 is 0 Å². The number of nitrogens with zero attached hydrogens (tertiary/aromatic N) is 1. The Kier molecular flexibility index (Phi) is 6.43. The molecule has 2 aromatic carbocycles. The minimum Gasteiger partial charge on any atom is -0.478 e. The molecule has 0 radical (unpaired) electrons. The first-order valence-corrected chi connectivity index (χ1v) is 9.57. The molecular weight excluding hydrogens is 350 g/mol. The van der Waals surface area contributed by atoms with Crippen LogP contribution in [0.25, 0.3) is 5.57 Å². The van der Waals surface area contributed by atoms with Crippen molar-refractivity contribution in [3.8, 4) is 0 Å². The highest BCUT2D eigenvalue weighted by molar-refractivity contribution is 5.89. The summed E-state index contributed by atoms with van der Waals surface area (Å²) in [5.74, 6) is -0.799. The fraction of sp³-hybridized carbons (Fsp3) is 0.250. The van der Waals surface area contributed by atoms with Crippen molar-refractivity contribution in [2.24, 2.45) is 0 Å². The molecule has 3 rings (SSSR count). The first-order chi connectivity index (χ1) is 13.6. The van der Waals surface area contributed by atoms with Gasteiger partial charge in [-0.1, -0.05) is 66.8 Å². The number of allylic oxidation sites excluding steroid dienone is 3. The lowest BCUT2D eigenvalue weighted by atomic mass is 10.0. The largest absolute Gasteiger partial charge is 0.478 e. The standard InChI is InChI=1S/C24H25NO3/c1-18(19-9-3-2-4-10-19)8-7-12-21-14-15-23(26)25(21)17-16-20-11-5-6-13-22(20)24(27)28/h2-13,21H,14-17H2,1H3,(H,27,28)/b12-7+,18-8-/t21-/m0/s1. The van der Waals surface area contributed by atoms with Crippen LogP contribution in [0, 0.1) is 0 Å². The zero-order valence-electron chi connectivity index (χ0n) is 16.0. The summed E-state index contributed by atoms with van der Waals surface area (Å²) in [7, 11) is 0. The van der Waals surface area contributed by atoms with E-state index in [2.05, 4.69) is 31.2 Å². The maximum atomic E-state index is 12.3. The predicted molar refractivity (Wildman–Crippen MR) is 111 cm³/mol. The first kappa shape index (κ1) is 19.6. The van der Waals surface area contributed by atoms with Gasteiger partial charge >= 0.3 is 5.97 Å². The summed E-state index contributed by atoms with van der Waals surface area (Å²) in [4.78, 5) is 25.5. The number of hydrogen-bond acceptors (Lipinski definition) is 2. The Balaban J connectivity index is 1.66. The van der Waals surface area contributed by atoms with E-state index in [4.69, 9.17) is 0 Å². The van der Waals surface area contributed by atoms with Crippen LogP contribution in [0.4, 0.5) is 0 Å². The number of carbonyl (C=O) groups is 2. The van der Waals surface area contributed by atoms with Crippen molar-refractivity contribution in [1.82, 2.24) is 4.90 Å². The average molecular weight is 375 g/mol. The molecule has 0 bridgehead atoms. The normalized spacial score (nSPS) is 17.5. The van der Waals surface area contributed by atoms with E-state index in [9.17, 15) is 14.7 Å². The van der Waals surface area contributed by atoms with Crippen molar-refractivity contribution in [3.63, 3.8) is 0 Å². The van der Waals surface area contributed by atoms with Gasteiger partial charge in [-0.25, -0.2) is 4.79 Å². The van der Waals surface area contributed by atoms with Gasteiger partial charge in [-0.05, 0) is 42.5 Å². The number of carboxylic acids is 1. The monoisotopic (exact) mass is 375 g/mol. The summed E-state index contributed by atoms with van der Waals surface area (Å²) in [6.07, 6.45) is 8.03. The molecule has 1 N–H and O–H groups in total. The number of hydrogen-bond donors (Lipinski definition) is 1. The van der Waals surface area contributed by atoms with Crippen LogP contribution in [-0.4, -0.2) is 34.5 Å².